The fourth-order valence-electron chi connectivity index (χ4n) is 2.53. The van der Waals surface area contributed by atoms with Crippen molar-refractivity contribution in [1.82, 2.24) is 5.32 Å². The van der Waals surface area contributed by atoms with Gasteiger partial charge in [0.05, 0.1) is 23.5 Å². The third-order valence-electron chi connectivity index (χ3n) is 3.82. The number of hydrogen-bond donors (Lipinski definition) is 1. The molecule has 0 saturated heterocycles. The predicted octanol–water partition coefficient (Wildman–Crippen LogP) is 2.92. The minimum absolute atomic E-state index is 0.256. The molecule has 0 aliphatic rings. The Bertz CT molecular complexity index is 916. The molecule has 0 bridgehead atoms. The molecule has 1 N–H and O–H groups in total. The number of rotatable bonds is 8. The van der Waals surface area contributed by atoms with Gasteiger partial charge in [0.2, 0.25) is 15.9 Å². The van der Waals surface area contributed by atoms with Crippen molar-refractivity contribution in [2.75, 3.05) is 30.3 Å². The Morgan fingerprint density at radius 2 is 1.89 bits per heavy atom. The van der Waals surface area contributed by atoms with Gasteiger partial charge in [-0.25, -0.2) is 8.42 Å². The summed E-state index contributed by atoms with van der Waals surface area (Å²) in [5.41, 5.74) is 2.43. The minimum Gasteiger partial charge on any atom is -0.491 e. The second kappa shape index (κ2) is 9.10. The van der Waals surface area contributed by atoms with E-state index in [4.69, 9.17) is 16.3 Å². The number of para-hydroxylation sites is 1. The first kappa shape index (κ1) is 21.1. The van der Waals surface area contributed by atoms with Crippen molar-refractivity contribution in [2.45, 2.75) is 13.8 Å². The molecule has 0 unspecified atom stereocenters. The quantitative estimate of drug-likeness (QED) is 0.679. The van der Waals surface area contributed by atoms with E-state index in [-0.39, 0.29) is 30.4 Å². The number of ether oxygens (including phenoxy) is 1. The summed E-state index contributed by atoms with van der Waals surface area (Å²) >= 11 is 6.07. The lowest BCUT2D eigenvalue weighted by Crippen LogP contribution is -2.41. The fourth-order valence-corrected chi connectivity index (χ4v) is 3.69. The normalized spacial score (nSPS) is 11.1. The summed E-state index contributed by atoms with van der Waals surface area (Å²) in [7, 11) is -3.66. The molecular formula is C19H23ClN2O4S. The highest BCUT2D eigenvalue weighted by Crippen LogP contribution is 2.26. The maximum atomic E-state index is 12.2. The van der Waals surface area contributed by atoms with Crippen LogP contribution in [0.3, 0.4) is 0 Å². The van der Waals surface area contributed by atoms with Crippen molar-refractivity contribution >= 4 is 33.2 Å². The molecule has 0 heterocycles. The van der Waals surface area contributed by atoms with Crippen LogP contribution in [0.15, 0.2) is 42.5 Å². The molecule has 27 heavy (non-hydrogen) atoms. The van der Waals surface area contributed by atoms with E-state index in [9.17, 15) is 13.2 Å². The van der Waals surface area contributed by atoms with Crippen molar-refractivity contribution in [2.24, 2.45) is 0 Å². The van der Waals surface area contributed by atoms with Crippen LogP contribution < -0.4 is 14.4 Å². The largest absolute Gasteiger partial charge is 0.491 e. The summed E-state index contributed by atoms with van der Waals surface area (Å²) in [6, 6.07) is 12.3. The SMILES string of the molecule is Cc1ccc(OCCNC(=O)CN(c2ccccc2Cl)S(C)(=O)=O)c(C)c1. The van der Waals surface area contributed by atoms with Gasteiger partial charge in [0.15, 0.2) is 0 Å². The molecule has 0 radical (unpaired) electrons. The van der Waals surface area contributed by atoms with Crippen molar-refractivity contribution in [1.29, 1.82) is 0 Å². The van der Waals surface area contributed by atoms with E-state index in [0.29, 0.717) is 0 Å². The number of hydrogen-bond acceptors (Lipinski definition) is 4. The monoisotopic (exact) mass is 410 g/mol. The lowest BCUT2D eigenvalue weighted by atomic mass is 10.1. The molecule has 0 atom stereocenters. The van der Waals surface area contributed by atoms with E-state index in [2.05, 4.69) is 5.32 Å². The summed E-state index contributed by atoms with van der Waals surface area (Å²) in [4.78, 5) is 12.2. The van der Waals surface area contributed by atoms with Gasteiger partial charge >= 0.3 is 0 Å². The number of aryl methyl sites for hydroxylation is 2. The van der Waals surface area contributed by atoms with E-state index in [1.165, 1.54) is 0 Å². The first-order valence-corrected chi connectivity index (χ1v) is 10.6. The van der Waals surface area contributed by atoms with Gasteiger partial charge in [0.25, 0.3) is 0 Å². The second-order valence-electron chi connectivity index (χ2n) is 6.19. The van der Waals surface area contributed by atoms with Crippen LogP contribution in [0.2, 0.25) is 5.02 Å². The molecule has 0 saturated carbocycles. The number of nitrogens with one attached hydrogen (secondary N) is 1. The third kappa shape index (κ3) is 6.15. The maximum absolute atomic E-state index is 12.2. The second-order valence-corrected chi connectivity index (χ2v) is 8.50. The number of nitrogens with zero attached hydrogens (tertiary/aromatic N) is 1. The minimum atomic E-state index is -3.66. The van der Waals surface area contributed by atoms with Crippen LogP contribution in [0.4, 0.5) is 5.69 Å². The summed E-state index contributed by atoms with van der Waals surface area (Å²) in [5.74, 6) is 0.313. The molecule has 6 nitrogen and oxygen atoms in total. The Morgan fingerprint density at radius 1 is 1.19 bits per heavy atom. The van der Waals surface area contributed by atoms with E-state index in [0.717, 1.165) is 27.4 Å². The molecular weight excluding hydrogens is 388 g/mol. The molecule has 2 aromatic rings. The van der Waals surface area contributed by atoms with Crippen LogP contribution >= 0.6 is 11.6 Å². The zero-order valence-electron chi connectivity index (χ0n) is 15.5. The van der Waals surface area contributed by atoms with Gasteiger partial charge in [-0.05, 0) is 37.6 Å². The molecule has 0 fully saturated rings. The number of benzene rings is 2. The number of halogens is 1. The molecule has 0 spiro atoms. The van der Waals surface area contributed by atoms with E-state index in [1.807, 2.05) is 32.0 Å². The van der Waals surface area contributed by atoms with Gasteiger partial charge in [-0.3, -0.25) is 9.10 Å². The van der Waals surface area contributed by atoms with Crippen molar-refractivity contribution in [3.05, 3.63) is 58.6 Å². The number of amides is 1. The highest BCUT2D eigenvalue weighted by Gasteiger charge is 2.22. The molecule has 0 aromatic heterocycles. The molecule has 0 aliphatic carbocycles. The van der Waals surface area contributed by atoms with Crippen LogP contribution in [-0.2, 0) is 14.8 Å². The van der Waals surface area contributed by atoms with Gasteiger partial charge in [0.1, 0.15) is 18.9 Å². The van der Waals surface area contributed by atoms with Crippen molar-refractivity contribution in [3.8, 4) is 5.75 Å². The smallest absolute Gasteiger partial charge is 0.240 e. The summed E-state index contributed by atoms with van der Waals surface area (Å²) in [6.45, 7) is 4.14. The third-order valence-corrected chi connectivity index (χ3v) is 5.27. The van der Waals surface area contributed by atoms with Crippen molar-refractivity contribution in [3.63, 3.8) is 0 Å². The van der Waals surface area contributed by atoms with E-state index >= 15 is 0 Å². The van der Waals surface area contributed by atoms with Crippen molar-refractivity contribution < 1.29 is 17.9 Å². The molecule has 1 amide bonds. The highest BCUT2D eigenvalue weighted by molar-refractivity contribution is 7.92. The van der Waals surface area contributed by atoms with Crippen LogP contribution in [-0.4, -0.2) is 40.3 Å². The van der Waals surface area contributed by atoms with Crippen LogP contribution in [0.5, 0.6) is 5.75 Å². The molecule has 0 aliphatic heterocycles. The number of anilines is 1. The lowest BCUT2D eigenvalue weighted by molar-refractivity contribution is -0.119. The topological polar surface area (TPSA) is 75.7 Å². The molecule has 146 valence electrons. The number of carbonyl (C=O) groups excluding carboxylic acids is 1. The lowest BCUT2D eigenvalue weighted by Gasteiger charge is -2.22. The standard InChI is InChI=1S/C19H23ClN2O4S/c1-14-8-9-18(15(2)12-14)26-11-10-21-19(23)13-22(27(3,24)25)17-7-5-4-6-16(17)20/h4-9,12H,10-11,13H2,1-3H3,(H,21,23). The number of carbonyl (C=O) groups is 1. The Balaban J connectivity index is 1.92. The molecule has 2 aromatic carbocycles. The Labute approximate surface area is 165 Å². The Hall–Kier alpha value is -2.25. The first-order valence-electron chi connectivity index (χ1n) is 8.37. The molecule has 2 rings (SSSR count). The van der Waals surface area contributed by atoms with Gasteiger partial charge in [-0.15, -0.1) is 0 Å². The van der Waals surface area contributed by atoms with E-state index < -0.39 is 15.9 Å². The predicted molar refractivity (Wildman–Crippen MR) is 108 cm³/mol. The van der Waals surface area contributed by atoms with Gasteiger partial charge in [0, 0.05) is 0 Å². The fraction of sp³-hybridized carbons (Fsp3) is 0.316. The summed E-state index contributed by atoms with van der Waals surface area (Å²) in [6.07, 6.45) is 1.03. The van der Waals surface area contributed by atoms with Crippen LogP contribution in [0.25, 0.3) is 0 Å². The summed E-state index contributed by atoms with van der Waals surface area (Å²) < 4.78 is 30.8. The summed E-state index contributed by atoms with van der Waals surface area (Å²) in [5, 5.41) is 2.92. The zero-order chi connectivity index (χ0) is 20.0. The van der Waals surface area contributed by atoms with Gasteiger partial charge in [-0.2, -0.15) is 0 Å². The van der Waals surface area contributed by atoms with Crippen LogP contribution in [0, 0.1) is 13.8 Å². The highest BCUT2D eigenvalue weighted by atomic mass is 35.5. The Morgan fingerprint density at radius 3 is 2.52 bits per heavy atom. The zero-order valence-corrected chi connectivity index (χ0v) is 17.1. The number of sulfonamides is 1. The average molecular weight is 411 g/mol. The van der Waals surface area contributed by atoms with Crippen LogP contribution in [0.1, 0.15) is 11.1 Å². The first-order chi connectivity index (χ1) is 12.7. The van der Waals surface area contributed by atoms with Gasteiger partial charge < -0.3 is 10.1 Å². The maximum Gasteiger partial charge on any atom is 0.240 e. The van der Waals surface area contributed by atoms with E-state index in [1.54, 1.807) is 24.3 Å². The Kier molecular flexibility index (Phi) is 7.10. The average Bonchev–Trinajstić information content (AvgIpc) is 2.58. The molecule has 8 heteroatoms. The van der Waals surface area contributed by atoms with Gasteiger partial charge in [-0.1, -0.05) is 41.4 Å².